The lowest BCUT2D eigenvalue weighted by atomic mass is 9.81. The molecule has 0 saturated heterocycles. The van der Waals surface area contributed by atoms with Crippen molar-refractivity contribution in [3.05, 3.63) is 0 Å². The van der Waals surface area contributed by atoms with Gasteiger partial charge in [-0.1, -0.05) is 40.0 Å². The second kappa shape index (κ2) is 4.76. The van der Waals surface area contributed by atoms with Crippen molar-refractivity contribution >= 4 is 0 Å². The molecule has 0 rings (SSSR count). The molecule has 0 fully saturated rings. The number of unbranched alkanes of at least 4 members (excludes halogenated alkanes) is 2. The van der Waals surface area contributed by atoms with Crippen LogP contribution in [0.15, 0.2) is 0 Å². The molecule has 0 aliphatic carbocycles. The summed E-state index contributed by atoms with van der Waals surface area (Å²) in [6.45, 7) is 8.85. The van der Waals surface area contributed by atoms with E-state index in [0.717, 1.165) is 0 Å². The van der Waals surface area contributed by atoms with Crippen LogP contribution < -0.4 is 5.73 Å². The number of rotatable bonds is 5. The highest BCUT2D eigenvalue weighted by atomic mass is 14.7. The Labute approximate surface area is 71.4 Å². The molecule has 0 aromatic rings. The molecule has 0 aliphatic rings. The van der Waals surface area contributed by atoms with Crippen molar-refractivity contribution in [3.8, 4) is 0 Å². The predicted octanol–water partition coefficient (Wildman–Crippen LogP) is 2.94. The molecule has 1 unspecified atom stereocenters. The van der Waals surface area contributed by atoms with Crippen LogP contribution in [0, 0.1) is 5.41 Å². The smallest absolute Gasteiger partial charge is 0.00617 e. The van der Waals surface area contributed by atoms with Gasteiger partial charge in [-0.3, -0.25) is 0 Å². The Bertz CT molecular complexity index is 95.0. The van der Waals surface area contributed by atoms with Gasteiger partial charge in [0, 0.05) is 6.04 Å². The summed E-state index contributed by atoms with van der Waals surface area (Å²) in [6.07, 6.45) is 5.23. The average molecular weight is 157 g/mol. The van der Waals surface area contributed by atoms with Crippen molar-refractivity contribution in [2.45, 2.75) is 59.4 Å². The van der Waals surface area contributed by atoms with Crippen LogP contribution in [-0.4, -0.2) is 6.04 Å². The maximum Gasteiger partial charge on any atom is 0.00617 e. The monoisotopic (exact) mass is 157 g/mol. The van der Waals surface area contributed by atoms with Gasteiger partial charge < -0.3 is 5.73 Å². The van der Waals surface area contributed by atoms with E-state index in [1.165, 1.54) is 25.7 Å². The van der Waals surface area contributed by atoms with E-state index < -0.39 is 0 Å². The molecule has 0 bridgehead atoms. The van der Waals surface area contributed by atoms with E-state index in [4.69, 9.17) is 5.73 Å². The quantitative estimate of drug-likeness (QED) is 0.610. The molecular weight excluding hydrogens is 134 g/mol. The van der Waals surface area contributed by atoms with E-state index in [2.05, 4.69) is 27.7 Å². The van der Waals surface area contributed by atoms with Crippen molar-refractivity contribution in [2.24, 2.45) is 11.1 Å². The Balaban J connectivity index is 3.55. The third-order valence-electron chi connectivity index (χ3n) is 2.66. The molecule has 0 radical (unpaired) electrons. The highest BCUT2D eigenvalue weighted by Gasteiger charge is 2.21. The fourth-order valence-electron chi connectivity index (χ4n) is 1.06. The molecule has 68 valence electrons. The molecule has 0 aromatic heterocycles. The standard InChI is InChI=1S/C10H23N/c1-5-6-7-8-10(3,4)9(2)11/h9H,5-8,11H2,1-4H3. The van der Waals surface area contributed by atoms with Crippen LogP contribution in [0.1, 0.15) is 53.4 Å². The first-order chi connectivity index (χ1) is 5.00. The number of nitrogens with two attached hydrogens (primary N) is 1. The lowest BCUT2D eigenvalue weighted by Gasteiger charge is -2.28. The lowest BCUT2D eigenvalue weighted by molar-refractivity contribution is 0.267. The van der Waals surface area contributed by atoms with E-state index in [9.17, 15) is 0 Å². The third kappa shape index (κ3) is 4.41. The Morgan fingerprint density at radius 2 is 1.82 bits per heavy atom. The van der Waals surface area contributed by atoms with Crippen LogP contribution in [0.3, 0.4) is 0 Å². The van der Waals surface area contributed by atoms with Gasteiger partial charge >= 0.3 is 0 Å². The number of hydrogen-bond donors (Lipinski definition) is 1. The van der Waals surface area contributed by atoms with Gasteiger partial charge in [0.2, 0.25) is 0 Å². The Morgan fingerprint density at radius 1 is 1.27 bits per heavy atom. The van der Waals surface area contributed by atoms with E-state index in [0.29, 0.717) is 11.5 Å². The lowest BCUT2D eigenvalue weighted by Crippen LogP contribution is -2.34. The molecule has 0 aromatic carbocycles. The molecule has 0 aliphatic heterocycles. The minimum atomic E-state index is 0.319. The normalized spacial score (nSPS) is 15.0. The minimum absolute atomic E-state index is 0.319. The van der Waals surface area contributed by atoms with Crippen LogP contribution in [0.5, 0.6) is 0 Å². The van der Waals surface area contributed by atoms with Gasteiger partial charge in [0.05, 0.1) is 0 Å². The Morgan fingerprint density at radius 3 is 2.18 bits per heavy atom. The minimum Gasteiger partial charge on any atom is -0.327 e. The molecular formula is C10H23N. The second-order valence-corrected chi connectivity index (χ2v) is 4.23. The third-order valence-corrected chi connectivity index (χ3v) is 2.66. The Hall–Kier alpha value is -0.0400. The summed E-state index contributed by atoms with van der Waals surface area (Å²) in [4.78, 5) is 0. The summed E-state index contributed by atoms with van der Waals surface area (Å²) in [7, 11) is 0. The van der Waals surface area contributed by atoms with E-state index in [1.807, 2.05) is 0 Å². The van der Waals surface area contributed by atoms with E-state index >= 15 is 0 Å². The van der Waals surface area contributed by atoms with Gasteiger partial charge in [0.1, 0.15) is 0 Å². The topological polar surface area (TPSA) is 26.0 Å². The predicted molar refractivity (Wildman–Crippen MR) is 51.6 cm³/mol. The first-order valence-corrected chi connectivity index (χ1v) is 4.76. The van der Waals surface area contributed by atoms with Gasteiger partial charge in [0.15, 0.2) is 0 Å². The van der Waals surface area contributed by atoms with Crippen LogP contribution >= 0.6 is 0 Å². The zero-order valence-corrected chi connectivity index (χ0v) is 8.48. The SMILES string of the molecule is CCCCCC(C)(C)C(C)N. The van der Waals surface area contributed by atoms with Crippen molar-refractivity contribution in [1.82, 2.24) is 0 Å². The van der Waals surface area contributed by atoms with Crippen LogP contribution in [0.4, 0.5) is 0 Å². The Kier molecular flexibility index (Phi) is 4.74. The summed E-state index contributed by atoms with van der Waals surface area (Å²) in [5.74, 6) is 0. The summed E-state index contributed by atoms with van der Waals surface area (Å²) < 4.78 is 0. The van der Waals surface area contributed by atoms with Crippen LogP contribution in [-0.2, 0) is 0 Å². The van der Waals surface area contributed by atoms with Crippen LogP contribution in [0.2, 0.25) is 0 Å². The van der Waals surface area contributed by atoms with Gasteiger partial charge in [-0.15, -0.1) is 0 Å². The van der Waals surface area contributed by atoms with Gasteiger partial charge in [0.25, 0.3) is 0 Å². The van der Waals surface area contributed by atoms with Crippen molar-refractivity contribution in [2.75, 3.05) is 0 Å². The van der Waals surface area contributed by atoms with Crippen LogP contribution in [0.25, 0.3) is 0 Å². The van der Waals surface area contributed by atoms with Crippen molar-refractivity contribution in [1.29, 1.82) is 0 Å². The second-order valence-electron chi connectivity index (χ2n) is 4.23. The summed E-state index contributed by atoms with van der Waals surface area (Å²) in [6, 6.07) is 0.319. The maximum absolute atomic E-state index is 5.85. The van der Waals surface area contributed by atoms with E-state index in [1.54, 1.807) is 0 Å². The largest absolute Gasteiger partial charge is 0.327 e. The maximum atomic E-state index is 5.85. The molecule has 0 spiro atoms. The molecule has 0 heterocycles. The molecule has 2 N–H and O–H groups in total. The zero-order valence-electron chi connectivity index (χ0n) is 8.48. The highest BCUT2D eigenvalue weighted by Crippen LogP contribution is 2.26. The number of hydrogen-bond acceptors (Lipinski definition) is 1. The summed E-state index contributed by atoms with van der Waals surface area (Å²) in [5, 5.41) is 0. The summed E-state index contributed by atoms with van der Waals surface area (Å²) >= 11 is 0. The molecule has 1 nitrogen and oxygen atoms in total. The van der Waals surface area contributed by atoms with Gasteiger partial charge in [-0.05, 0) is 18.8 Å². The van der Waals surface area contributed by atoms with E-state index in [-0.39, 0.29) is 0 Å². The first kappa shape index (κ1) is 11.0. The molecule has 11 heavy (non-hydrogen) atoms. The fourth-order valence-corrected chi connectivity index (χ4v) is 1.06. The average Bonchev–Trinajstić information content (AvgIpc) is 1.88. The summed E-state index contributed by atoms with van der Waals surface area (Å²) in [5.41, 5.74) is 6.18. The first-order valence-electron chi connectivity index (χ1n) is 4.76. The molecule has 1 heteroatoms. The van der Waals surface area contributed by atoms with Crippen molar-refractivity contribution in [3.63, 3.8) is 0 Å². The molecule has 0 amide bonds. The van der Waals surface area contributed by atoms with Gasteiger partial charge in [-0.25, -0.2) is 0 Å². The molecule has 1 atom stereocenters. The molecule has 0 saturated carbocycles. The van der Waals surface area contributed by atoms with Crippen molar-refractivity contribution < 1.29 is 0 Å². The fraction of sp³-hybridized carbons (Fsp3) is 1.00. The highest BCUT2D eigenvalue weighted by molar-refractivity contribution is 4.77. The zero-order chi connectivity index (χ0) is 8.91. The van der Waals surface area contributed by atoms with Gasteiger partial charge in [-0.2, -0.15) is 0 Å².